The second-order valence-electron chi connectivity index (χ2n) is 9.64. The number of ketones is 1. The molecule has 1 fully saturated rings. The van der Waals surface area contributed by atoms with Gasteiger partial charge in [0, 0.05) is 23.5 Å². The van der Waals surface area contributed by atoms with Crippen molar-refractivity contribution < 1.29 is 9.72 Å². The zero-order valence-corrected chi connectivity index (χ0v) is 21.5. The normalized spacial score (nSPS) is 16.6. The highest BCUT2D eigenvalue weighted by atomic mass is 32.1. The number of hydrogen-bond donors (Lipinski definition) is 0. The van der Waals surface area contributed by atoms with E-state index in [2.05, 4.69) is 33.8 Å². The fourth-order valence-corrected chi connectivity index (χ4v) is 5.96. The van der Waals surface area contributed by atoms with Gasteiger partial charge in [0.15, 0.2) is 5.78 Å². The summed E-state index contributed by atoms with van der Waals surface area (Å²) < 4.78 is 4.22. The van der Waals surface area contributed by atoms with Gasteiger partial charge in [-0.3, -0.25) is 29.3 Å². The van der Waals surface area contributed by atoms with Gasteiger partial charge < -0.3 is 0 Å². The van der Waals surface area contributed by atoms with Crippen molar-refractivity contribution in [2.45, 2.75) is 77.8 Å². The summed E-state index contributed by atoms with van der Waals surface area (Å²) in [5.74, 6) is -0.158. The van der Waals surface area contributed by atoms with Gasteiger partial charge in [0.2, 0.25) is 0 Å². The summed E-state index contributed by atoms with van der Waals surface area (Å²) in [4.78, 5) is 28.5. The molecule has 36 heavy (non-hydrogen) atoms. The number of carbonyl (C=O) groups excluding carboxylic acids is 1. The Balaban J connectivity index is 1.48. The van der Waals surface area contributed by atoms with Gasteiger partial charge in [0.1, 0.15) is 0 Å². The van der Waals surface area contributed by atoms with E-state index in [4.69, 9.17) is 5.10 Å². The first kappa shape index (κ1) is 24.3. The average molecular weight is 507 g/mol. The van der Waals surface area contributed by atoms with E-state index in [-0.39, 0.29) is 17.9 Å². The van der Waals surface area contributed by atoms with Crippen LogP contribution < -0.4 is 0 Å². The van der Waals surface area contributed by atoms with Gasteiger partial charge >= 0.3 is 0 Å². The highest BCUT2D eigenvalue weighted by Gasteiger charge is 2.25. The summed E-state index contributed by atoms with van der Waals surface area (Å²) in [6, 6.07) is 5.94. The molecule has 2 aliphatic rings. The van der Waals surface area contributed by atoms with Crippen LogP contribution in [0.1, 0.15) is 89.9 Å². The van der Waals surface area contributed by atoms with Crippen LogP contribution in [-0.4, -0.2) is 36.5 Å². The van der Waals surface area contributed by atoms with Crippen LogP contribution in [-0.2, 0) is 6.54 Å². The topological polar surface area (TPSA) is 108 Å². The van der Waals surface area contributed by atoms with Crippen molar-refractivity contribution in [1.82, 2.24) is 19.6 Å². The standard InChI is InChI=1S/C26H30N6O3S/c1-17-11-18(2)30(28-17)15-20-12-24(29-31(20)19-7-4-3-5-8-19)22-9-6-10-27-23(22)14-25(33)26-13-21(16-36-26)32(34)35/h10-13,16,19H,3-9,14-15H2,1-2H3. The van der Waals surface area contributed by atoms with Crippen molar-refractivity contribution in [2.75, 3.05) is 0 Å². The molecule has 0 N–H and O–H groups in total. The second-order valence-corrected chi connectivity index (χ2v) is 10.6. The third kappa shape index (κ3) is 5.09. The molecular formula is C26H30N6O3S. The Morgan fingerprint density at radius 2 is 1.97 bits per heavy atom. The minimum Gasteiger partial charge on any atom is -0.293 e. The van der Waals surface area contributed by atoms with Crippen molar-refractivity contribution in [3.8, 4) is 0 Å². The van der Waals surface area contributed by atoms with Crippen LogP contribution >= 0.6 is 11.3 Å². The molecule has 188 valence electrons. The molecule has 5 rings (SSSR count). The summed E-state index contributed by atoms with van der Waals surface area (Å²) in [6.07, 6.45) is 9.42. The maximum absolute atomic E-state index is 13.0. The summed E-state index contributed by atoms with van der Waals surface area (Å²) in [6.45, 7) is 4.72. The van der Waals surface area contributed by atoms with Crippen molar-refractivity contribution in [1.29, 1.82) is 0 Å². The lowest BCUT2D eigenvalue weighted by molar-refractivity contribution is -0.384. The number of aliphatic imine (C=N–C) groups is 1. The Hall–Kier alpha value is -3.40. The summed E-state index contributed by atoms with van der Waals surface area (Å²) in [7, 11) is 0. The number of rotatable bonds is 8. The first-order valence-corrected chi connectivity index (χ1v) is 13.4. The Bertz CT molecular complexity index is 1360. The number of allylic oxidation sites excluding steroid dienone is 2. The van der Waals surface area contributed by atoms with Gasteiger partial charge in [0.05, 0.1) is 57.0 Å². The number of aromatic nitrogens is 4. The van der Waals surface area contributed by atoms with E-state index in [1.807, 2.05) is 17.8 Å². The molecule has 1 aliphatic heterocycles. The number of aryl methyl sites for hydroxylation is 2. The maximum Gasteiger partial charge on any atom is 0.280 e. The van der Waals surface area contributed by atoms with Crippen LogP contribution in [0, 0.1) is 24.0 Å². The van der Waals surface area contributed by atoms with Crippen LogP contribution in [0.2, 0.25) is 0 Å². The second kappa shape index (κ2) is 10.3. The molecule has 1 aliphatic carbocycles. The van der Waals surface area contributed by atoms with Gasteiger partial charge in [0.25, 0.3) is 5.69 Å². The van der Waals surface area contributed by atoms with Crippen LogP contribution in [0.3, 0.4) is 0 Å². The van der Waals surface area contributed by atoms with E-state index in [0.29, 0.717) is 23.2 Å². The first-order chi connectivity index (χ1) is 17.4. The third-order valence-electron chi connectivity index (χ3n) is 6.98. The number of hydrogen-bond acceptors (Lipinski definition) is 7. The van der Waals surface area contributed by atoms with E-state index in [1.54, 1.807) is 0 Å². The summed E-state index contributed by atoms with van der Waals surface area (Å²) >= 11 is 1.11. The number of Topliss-reactive ketones (excluding diaryl/α,β-unsaturated/α-hetero) is 1. The summed E-state index contributed by atoms with van der Waals surface area (Å²) in [5.41, 5.74) is 5.73. The Morgan fingerprint density at radius 3 is 2.67 bits per heavy atom. The van der Waals surface area contributed by atoms with Crippen molar-refractivity contribution in [3.05, 3.63) is 67.0 Å². The van der Waals surface area contributed by atoms with Crippen LogP contribution in [0.15, 0.2) is 34.3 Å². The predicted octanol–water partition coefficient (Wildman–Crippen LogP) is 6.07. The number of thiophene rings is 1. The van der Waals surface area contributed by atoms with Gasteiger partial charge in [-0.2, -0.15) is 10.2 Å². The molecule has 9 nitrogen and oxygen atoms in total. The minimum absolute atomic E-state index is 0.0512. The minimum atomic E-state index is -0.473. The molecule has 1 saturated carbocycles. The molecule has 10 heteroatoms. The van der Waals surface area contributed by atoms with Crippen molar-refractivity contribution in [3.63, 3.8) is 0 Å². The van der Waals surface area contributed by atoms with Crippen LogP contribution in [0.25, 0.3) is 5.57 Å². The highest BCUT2D eigenvalue weighted by Crippen LogP contribution is 2.34. The van der Waals surface area contributed by atoms with Crippen molar-refractivity contribution in [2.24, 2.45) is 4.99 Å². The fourth-order valence-electron chi connectivity index (χ4n) is 5.17. The first-order valence-electron chi connectivity index (χ1n) is 12.5. The van der Waals surface area contributed by atoms with Gasteiger partial charge in [-0.1, -0.05) is 19.3 Å². The molecule has 4 heterocycles. The van der Waals surface area contributed by atoms with Gasteiger partial charge in [-0.25, -0.2) is 0 Å². The lowest BCUT2D eigenvalue weighted by Gasteiger charge is -2.24. The lowest BCUT2D eigenvalue weighted by Crippen LogP contribution is -2.18. The quantitative estimate of drug-likeness (QED) is 0.209. The highest BCUT2D eigenvalue weighted by molar-refractivity contribution is 7.12. The Kier molecular flexibility index (Phi) is 6.95. The lowest BCUT2D eigenvalue weighted by atomic mass is 9.95. The Morgan fingerprint density at radius 1 is 1.17 bits per heavy atom. The molecule has 0 saturated heterocycles. The molecule has 0 radical (unpaired) electrons. The SMILES string of the molecule is Cc1cc(C)n(Cc2cc(C3=C(CC(=O)c4cc([N+](=O)[O-])cs4)N=CCC3)nn2C2CCCCC2)n1. The molecule has 0 amide bonds. The molecule has 0 unspecified atom stereocenters. The molecule has 0 aromatic carbocycles. The van der Waals surface area contributed by atoms with Crippen LogP contribution in [0.4, 0.5) is 5.69 Å². The predicted molar refractivity (Wildman–Crippen MR) is 140 cm³/mol. The summed E-state index contributed by atoms with van der Waals surface area (Å²) in [5, 5.41) is 22.2. The largest absolute Gasteiger partial charge is 0.293 e. The smallest absolute Gasteiger partial charge is 0.280 e. The van der Waals surface area contributed by atoms with E-state index in [1.165, 1.54) is 30.7 Å². The van der Waals surface area contributed by atoms with Crippen LogP contribution in [0.5, 0.6) is 0 Å². The van der Waals surface area contributed by atoms with Gasteiger partial charge in [-0.05, 0) is 51.7 Å². The molecule has 0 bridgehead atoms. The molecule has 0 spiro atoms. The van der Waals surface area contributed by atoms with E-state index >= 15 is 0 Å². The molecule has 3 aromatic heterocycles. The van der Waals surface area contributed by atoms with Crippen molar-refractivity contribution >= 4 is 34.6 Å². The van der Waals surface area contributed by atoms with E-state index in [9.17, 15) is 14.9 Å². The fraction of sp³-hybridized carbons (Fsp3) is 0.462. The average Bonchev–Trinajstić information content (AvgIpc) is 3.59. The van der Waals surface area contributed by atoms with E-state index in [0.717, 1.165) is 65.4 Å². The van der Waals surface area contributed by atoms with Gasteiger partial charge in [-0.15, -0.1) is 11.3 Å². The number of carbonyl (C=O) groups is 1. The zero-order valence-electron chi connectivity index (χ0n) is 20.6. The molecule has 0 atom stereocenters. The maximum atomic E-state index is 13.0. The zero-order chi connectivity index (χ0) is 25.2. The number of nitro groups is 1. The molecule has 3 aromatic rings. The Labute approximate surface area is 213 Å². The molecular weight excluding hydrogens is 476 g/mol. The van der Waals surface area contributed by atoms with E-state index < -0.39 is 4.92 Å². The third-order valence-corrected chi connectivity index (χ3v) is 7.93. The monoisotopic (exact) mass is 506 g/mol. The number of nitrogens with zero attached hydrogens (tertiary/aromatic N) is 6.